The van der Waals surface area contributed by atoms with Crippen LogP contribution in [0.1, 0.15) is 13.3 Å². The zero-order valence-corrected chi connectivity index (χ0v) is 11.8. The Hall–Kier alpha value is -0.300. The van der Waals surface area contributed by atoms with Crippen molar-refractivity contribution in [1.82, 2.24) is 4.72 Å². The van der Waals surface area contributed by atoms with Crippen LogP contribution >= 0.6 is 27.5 Å². The Kier molecular flexibility index (Phi) is 5.04. The highest BCUT2D eigenvalue weighted by Gasteiger charge is 2.11. The van der Waals surface area contributed by atoms with Gasteiger partial charge < -0.3 is 0 Å². The lowest BCUT2D eigenvalue weighted by atomic mass is 10.3. The van der Waals surface area contributed by atoms with Gasteiger partial charge in [-0.25, -0.2) is 0 Å². The van der Waals surface area contributed by atoms with Crippen LogP contribution in [0.3, 0.4) is 0 Å². The molecule has 0 aliphatic carbocycles. The van der Waals surface area contributed by atoms with Gasteiger partial charge in [0.2, 0.25) is 0 Å². The number of hydrogen-bond donors (Lipinski definition) is 2. The van der Waals surface area contributed by atoms with Crippen molar-refractivity contribution in [3.63, 3.8) is 0 Å². The van der Waals surface area contributed by atoms with Gasteiger partial charge in [0, 0.05) is 11.0 Å². The fraction of sp³-hybridized carbons (Fsp3) is 0.333. The Morgan fingerprint density at radius 2 is 2.12 bits per heavy atom. The Morgan fingerprint density at radius 1 is 1.44 bits per heavy atom. The number of halogens is 2. The molecule has 0 bridgehead atoms. The van der Waals surface area contributed by atoms with Crippen LogP contribution in [0.15, 0.2) is 22.7 Å². The van der Waals surface area contributed by atoms with Gasteiger partial charge in [0.05, 0.1) is 10.7 Å². The summed E-state index contributed by atoms with van der Waals surface area (Å²) in [5.74, 6) is 0. The fourth-order valence-electron chi connectivity index (χ4n) is 0.993. The number of rotatable bonds is 5. The molecule has 0 unspecified atom stereocenters. The van der Waals surface area contributed by atoms with Crippen molar-refractivity contribution in [1.29, 1.82) is 0 Å². The molecule has 0 aliphatic rings. The number of nitrogens with one attached hydrogen (secondary N) is 2. The van der Waals surface area contributed by atoms with Crippen molar-refractivity contribution in [3.05, 3.63) is 27.7 Å². The quantitative estimate of drug-likeness (QED) is 0.873. The first-order valence-corrected chi connectivity index (χ1v) is 7.32. The highest BCUT2D eigenvalue weighted by Crippen LogP contribution is 2.26. The van der Waals surface area contributed by atoms with Crippen LogP contribution < -0.4 is 9.44 Å². The lowest BCUT2D eigenvalue weighted by molar-refractivity contribution is 0.586. The SMILES string of the molecule is CCCNS(=O)(=O)Nc1cc(Br)ccc1Cl. The molecule has 1 aromatic carbocycles. The van der Waals surface area contributed by atoms with Crippen LogP contribution in [0.2, 0.25) is 5.02 Å². The second-order valence-electron chi connectivity index (χ2n) is 3.12. The minimum Gasteiger partial charge on any atom is -0.270 e. The van der Waals surface area contributed by atoms with Gasteiger partial charge in [-0.2, -0.15) is 13.1 Å². The van der Waals surface area contributed by atoms with Gasteiger partial charge in [-0.05, 0) is 24.6 Å². The highest BCUT2D eigenvalue weighted by atomic mass is 79.9. The van der Waals surface area contributed by atoms with E-state index < -0.39 is 10.2 Å². The van der Waals surface area contributed by atoms with Gasteiger partial charge >= 0.3 is 0 Å². The number of hydrogen-bond acceptors (Lipinski definition) is 2. The molecule has 0 fully saturated rings. The summed E-state index contributed by atoms with van der Waals surface area (Å²) in [4.78, 5) is 0. The molecule has 0 amide bonds. The van der Waals surface area contributed by atoms with Crippen molar-refractivity contribution in [3.8, 4) is 0 Å². The molecule has 1 aromatic rings. The van der Waals surface area contributed by atoms with E-state index in [4.69, 9.17) is 11.6 Å². The van der Waals surface area contributed by atoms with Crippen molar-refractivity contribution in [2.75, 3.05) is 11.3 Å². The standard InChI is InChI=1S/C9H12BrClN2O2S/c1-2-5-12-16(14,15)13-9-6-7(10)3-4-8(9)11/h3-4,6,12-13H,2,5H2,1H3. The van der Waals surface area contributed by atoms with Crippen LogP contribution in [0, 0.1) is 0 Å². The molecule has 0 atom stereocenters. The van der Waals surface area contributed by atoms with Gasteiger partial charge in [-0.3, -0.25) is 4.72 Å². The monoisotopic (exact) mass is 326 g/mol. The maximum Gasteiger partial charge on any atom is 0.299 e. The summed E-state index contributed by atoms with van der Waals surface area (Å²) in [6.45, 7) is 2.27. The molecule has 90 valence electrons. The van der Waals surface area contributed by atoms with Gasteiger partial charge in [-0.15, -0.1) is 0 Å². The number of benzene rings is 1. The normalized spacial score (nSPS) is 11.4. The lowest BCUT2D eigenvalue weighted by Gasteiger charge is -2.10. The van der Waals surface area contributed by atoms with E-state index in [-0.39, 0.29) is 0 Å². The van der Waals surface area contributed by atoms with Crippen molar-refractivity contribution in [2.45, 2.75) is 13.3 Å². The molecule has 0 heterocycles. The highest BCUT2D eigenvalue weighted by molar-refractivity contribution is 9.10. The molecule has 0 saturated carbocycles. The predicted octanol–water partition coefficient (Wildman–Crippen LogP) is 2.76. The van der Waals surface area contributed by atoms with Gasteiger partial charge in [0.15, 0.2) is 0 Å². The third-order valence-corrected chi connectivity index (χ3v) is 3.61. The number of anilines is 1. The van der Waals surface area contributed by atoms with E-state index in [1.807, 2.05) is 6.92 Å². The predicted molar refractivity (Wildman–Crippen MR) is 70.0 cm³/mol. The molecule has 16 heavy (non-hydrogen) atoms. The molecule has 2 N–H and O–H groups in total. The Morgan fingerprint density at radius 3 is 2.75 bits per heavy atom. The molecule has 7 heteroatoms. The Labute approximate surface area is 109 Å². The second kappa shape index (κ2) is 5.86. The summed E-state index contributed by atoms with van der Waals surface area (Å²) >= 11 is 9.10. The molecule has 0 saturated heterocycles. The van der Waals surface area contributed by atoms with Gasteiger partial charge in [0.1, 0.15) is 0 Å². The minimum absolute atomic E-state index is 0.347. The maximum absolute atomic E-state index is 11.5. The van der Waals surface area contributed by atoms with Crippen LogP contribution in [0.5, 0.6) is 0 Å². The van der Waals surface area contributed by atoms with E-state index in [1.165, 1.54) is 0 Å². The molecule has 0 spiro atoms. The van der Waals surface area contributed by atoms with Crippen molar-refractivity contribution >= 4 is 43.4 Å². The summed E-state index contributed by atoms with van der Waals surface area (Å²) < 4.78 is 28.6. The Balaban J connectivity index is 2.83. The van der Waals surface area contributed by atoms with Crippen molar-refractivity contribution < 1.29 is 8.42 Å². The molecular formula is C9H12BrClN2O2S. The van der Waals surface area contributed by atoms with E-state index in [0.717, 1.165) is 10.9 Å². The van der Waals surface area contributed by atoms with E-state index >= 15 is 0 Å². The lowest BCUT2D eigenvalue weighted by Crippen LogP contribution is -2.30. The first-order valence-electron chi connectivity index (χ1n) is 4.67. The molecule has 0 aromatic heterocycles. The molecule has 1 rings (SSSR count). The summed E-state index contributed by atoms with van der Waals surface area (Å²) in [5.41, 5.74) is 0.347. The van der Waals surface area contributed by atoms with Crippen LogP contribution in [-0.4, -0.2) is 15.0 Å². The van der Waals surface area contributed by atoms with Crippen LogP contribution in [0.4, 0.5) is 5.69 Å². The summed E-state index contributed by atoms with van der Waals surface area (Å²) in [6.07, 6.45) is 0.729. The topological polar surface area (TPSA) is 58.2 Å². The third-order valence-electron chi connectivity index (χ3n) is 1.71. The van der Waals surface area contributed by atoms with E-state index in [9.17, 15) is 8.42 Å². The molecular weight excluding hydrogens is 316 g/mol. The zero-order chi connectivity index (χ0) is 12.2. The first-order chi connectivity index (χ1) is 7.44. The van der Waals surface area contributed by atoms with E-state index in [1.54, 1.807) is 18.2 Å². The largest absolute Gasteiger partial charge is 0.299 e. The van der Waals surface area contributed by atoms with Gasteiger partial charge in [0.25, 0.3) is 10.2 Å². The smallest absolute Gasteiger partial charge is 0.270 e. The average Bonchev–Trinajstić information content (AvgIpc) is 2.20. The maximum atomic E-state index is 11.5. The summed E-state index contributed by atoms with van der Waals surface area (Å²) in [7, 11) is -3.54. The van der Waals surface area contributed by atoms with Gasteiger partial charge in [-0.1, -0.05) is 34.5 Å². The summed E-state index contributed by atoms with van der Waals surface area (Å²) in [6, 6.07) is 4.95. The third kappa shape index (κ3) is 4.29. The first kappa shape index (κ1) is 13.8. The minimum atomic E-state index is -3.54. The second-order valence-corrected chi connectivity index (χ2v) is 5.95. The molecule has 4 nitrogen and oxygen atoms in total. The van der Waals surface area contributed by atoms with Crippen molar-refractivity contribution in [2.24, 2.45) is 0 Å². The average molecular weight is 328 g/mol. The zero-order valence-electron chi connectivity index (χ0n) is 8.63. The van der Waals surface area contributed by atoms with Crippen LogP contribution in [-0.2, 0) is 10.2 Å². The molecule has 0 aliphatic heterocycles. The van der Waals surface area contributed by atoms with E-state index in [0.29, 0.717) is 17.3 Å². The summed E-state index contributed by atoms with van der Waals surface area (Å²) in [5, 5.41) is 0.352. The fourth-order valence-corrected chi connectivity index (χ4v) is 2.58. The van der Waals surface area contributed by atoms with Crippen LogP contribution in [0.25, 0.3) is 0 Å². The van der Waals surface area contributed by atoms with E-state index in [2.05, 4.69) is 25.4 Å². The Bertz CT molecular complexity index is 465. The molecule has 0 radical (unpaired) electrons.